The summed E-state index contributed by atoms with van der Waals surface area (Å²) in [6, 6.07) is 10.3. The lowest BCUT2D eigenvalue weighted by molar-refractivity contribution is -0.149. The summed E-state index contributed by atoms with van der Waals surface area (Å²) >= 11 is 1.97. The van der Waals surface area contributed by atoms with Gasteiger partial charge in [-0.3, -0.25) is 4.79 Å². The molecule has 0 bridgehead atoms. The van der Waals surface area contributed by atoms with E-state index < -0.39 is 0 Å². The standard InChI is InChI=1S/C15H21NO2S/c1-12(9-16-14-7-8-19-11-14)15(17)18-10-13-5-3-2-4-6-13/h2-6,12,14,16H,7-11H2,1H3. The summed E-state index contributed by atoms with van der Waals surface area (Å²) in [5.41, 5.74) is 1.03. The van der Waals surface area contributed by atoms with Crippen molar-refractivity contribution in [3.63, 3.8) is 0 Å². The minimum atomic E-state index is -0.123. The lowest BCUT2D eigenvalue weighted by Crippen LogP contribution is -2.35. The molecule has 0 spiro atoms. The summed E-state index contributed by atoms with van der Waals surface area (Å²) in [4.78, 5) is 11.9. The van der Waals surface area contributed by atoms with Gasteiger partial charge in [0.2, 0.25) is 0 Å². The van der Waals surface area contributed by atoms with Crippen molar-refractivity contribution in [3.05, 3.63) is 35.9 Å². The van der Waals surface area contributed by atoms with Crippen LogP contribution in [0.5, 0.6) is 0 Å². The predicted octanol–water partition coefficient (Wildman–Crippen LogP) is 2.46. The monoisotopic (exact) mass is 279 g/mol. The van der Waals surface area contributed by atoms with Crippen molar-refractivity contribution in [2.24, 2.45) is 5.92 Å². The van der Waals surface area contributed by atoms with Gasteiger partial charge in [0.05, 0.1) is 5.92 Å². The molecule has 2 rings (SSSR count). The van der Waals surface area contributed by atoms with Gasteiger partial charge in [0, 0.05) is 18.3 Å². The zero-order valence-corrected chi connectivity index (χ0v) is 12.1. The number of esters is 1. The fraction of sp³-hybridized carbons (Fsp3) is 0.533. The number of carbonyl (C=O) groups is 1. The molecule has 3 nitrogen and oxygen atoms in total. The second-order valence-corrected chi connectivity index (χ2v) is 6.11. The molecular formula is C15H21NO2S. The molecule has 1 aliphatic rings. The Hall–Kier alpha value is -1.00. The van der Waals surface area contributed by atoms with E-state index in [2.05, 4.69) is 5.32 Å². The third kappa shape index (κ3) is 4.88. The zero-order chi connectivity index (χ0) is 13.5. The SMILES string of the molecule is CC(CNC1CCSC1)C(=O)OCc1ccccc1. The molecule has 104 valence electrons. The fourth-order valence-corrected chi connectivity index (χ4v) is 3.18. The maximum atomic E-state index is 11.9. The molecule has 2 atom stereocenters. The highest BCUT2D eigenvalue weighted by Crippen LogP contribution is 2.17. The summed E-state index contributed by atoms with van der Waals surface area (Å²) in [7, 11) is 0. The smallest absolute Gasteiger partial charge is 0.310 e. The summed E-state index contributed by atoms with van der Waals surface area (Å²) in [6.45, 7) is 2.99. The zero-order valence-electron chi connectivity index (χ0n) is 11.3. The molecule has 2 unspecified atom stereocenters. The molecular weight excluding hydrogens is 258 g/mol. The Bertz CT molecular complexity index is 390. The number of rotatable bonds is 6. The van der Waals surface area contributed by atoms with Gasteiger partial charge in [-0.05, 0) is 17.7 Å². The van der Waals surface area contributed by atoms with E-state index in [0.29, 0.717) is 19.2 Å². The van der Waals surface area contributed by atoms with Gasteiger partial charge in [-0.15, -0.1) is 0 Å². The van der Waals surface area contributed by atoms with E-state index in [1.807, 2.05) is 49.0 Å². The Kier molecular flexibility index (Phi) is 5.73. The Balaban J connectivity index is 1.67. The Labute approximate surface area is 119 Å². The first kappa shape index (κ1) is 14.4. The molecule has 1 heterocycles. The lowest BCUT2D eigenvalue weighted by atomic mass is 10.1. The first-order valence-electron chi connectivity index (χ1n) is 6.77. The normalized spacial score (nSPS) is 20.2. The van der Waals surface area contributed by atoms with Gasteiger partial charge in [0.25, 0.3) is 0 Å². The molecule has 4 heteroatoms. The summed E-state index contributed by atoms with van der Waals surface area (Å²) in [5.74, 6) is 2.17. The van der Waals surface area contributed by atoms with Crippen LogP contribution in [0.15, 0.2) is 30.3 Å². The number of benzene rings is 1. The predicted molar refractivity (Wildman–Crippen MR) is 79.1 cm³/mol. The van der Waals surface area contributed by atoms with Crippen LogP contribution in [0.2, 0.25) is 0 Å². The summed E-state index contributed by atoms with van der Waals surface area (Å²) in [6.07, 6.45) is 1.20. The van der Waals surface area contributed by atoms with Crippen LogP contribution in [0.4, 0.5) is 0 Å². The minimum absolute atomic E-state index is 0.0886. The molecule has 0 aromatic heterocycles. The summed E-state index contributed by atoms with van der Waals surface area (Å²) in [5, 5.41) is 3.44. The Morgan fingerprint density at radius 3 is 2.95 bits per heavy atom. The van der Waals surface area contributed by atoms with Gasteiger partial charge >= 0.3 is 5.97 Å². The molecule has 19 heavy (non-hydrogen) atoms. The number of nitrogens with one attached hydrogen (secondary N) is 1. The molecule has 1 saturated heterocycles. The van der Waals surface area contributed by atoms with Gasteiger partial charge in [-0.1, -0.05) is 37.3 Å². The fourth-order valence-electron chi connectivity index (χ4n) is 1.99. The Morgan fingerprint density at radius 1 is 1.47 bits per heavy atom. The average molecular weight is 279 g/mol. The van der Waals surface area contributed by atoms with E-state index in [1.54, 1.807) is 0 Å². The van der Waals surface area contributed by atoms with Gasteiger partial charge in [0.1, 0.15) is 6.61 Å². The van der Waals surface area contributed by atoms with Crippen molar-refractivity contribution in [2.45, 2.75) is 26.0 Å². The van der Waals surface area contributed by atoms with Crippen molar-refractivity contribution in [2.75, 3.05) is 18.1 Å². The highest BCUT2D eigenvalue weighted by Gasteiger charge is 2.19. The van der Waals surface area contributed by atoms with Crippen LogP contribution in [0.1, 0.15) is 18.9 Å². The highest BCUT2D eigenvalue weighted by molar-refractivity contribution is 7.99. The van der Waals surface area contributed by atoms with E-state index >= 15 is 0 Å². The maximum absolute atomic E-state index is 11.9. The third-order valence-electron chi connectivity index (χ3n) is 3.27. The maximum Gasteiger partial charge on any atom is 0.310 e. The molecule has 0 aliphatic carbocycles. The van der Waals surface area contributed by atoms with Crippen molar-refractivity contribution >= 4 is 17.7 Å². The van der Waals surface area contributed by atoms with E-state index in [9.17, 15) is 4.79 Å². The minimum Gasteiger partial charge on any atom is -0.461 e. The largest absolute Gasteiger partial charge is 0.461 e. The van der Waals surface area contributed by atoms with Crippen molar-refractivity contribution < 1.29 is 9.53 Å². The van der Waals surface area contributed by atoms with Gasteiger partial charge in [-0.2, -0.15) is 11.8 Å². The molecule has 0 amide bonds. The first-order valence-corrected chi connectivity index (χ1v) is 7.93. The van der Waals surface area contributed by atoms with Crippen LogP contribution >= 0.6 is 11.8 Å². The Morgan fingerprint density at radius 2 is 2.26 bits per heavy atom. The van der Waals surface area contributed by atoms with E-state index in [4.69, 9.17) is 4.74 Å². The molecule has 1 N–H and O–H groups in total. The third-order valence-corrected chi connectivity index (χ3v) is 4.43. The first-order chi connectivity index (χ1) is 9.25. The van der Waals surface area contributed by atoms with Crippen molar-refractivity contribution in [1.29, 1.82) is 0 Å². The van der Waals surface area contributed by atoms with Crippen LogP contribution in [0.3, 0.4) is 0 Å². The number of thioether (sulfide) groups is 1. The number of carbonyl (C=O) groups excluding carboxylic acids is 1. The molecule has 0 saturated carbocycles. The van der Waals surface area contributed by atoms with Crippen LogP contribution in [0, 0.1) is 5.92 Å². The quantitative estimate of drug-likeness (QED) is 0.812. The van der Waals surface area contributed by atoms with Crippen LogP contribution in [-0.4, -0.2) is 30.1 Å². The topological polar surface area (TPSA) is 38.3 Å². The number of hydrogen-bond donors (Lipinski definition) is 1. The average Bonchev–Trinajstić information content (AvgIpc) is 2.96. The molecule has 0 radical (unpaired) electrons. The second-order valence-electron chi connectivity index (χ2n) is 4.96. The van der Waals surface area contributed by atoms with Gasteiger partial charge in [0.15, 0.2) is 0 Å². The number of ether oxygens (including phenoxy) is 1. The number of hydrogen-bond acceptors (Lipinski definition) is 4. The van der Waals surface area contributed by atoms with Crippen LogP contribution < -0.4 is 5.32 Å². The van der Waals surface area contributed by atoms with E-state index in [1.165, 1.54) is 12.2 Å². The summed E-state index contributed by atoms with van der Waals surface area (Å²) < 4.78 is 5.32. The van der Waals surface area contributed by atoms with Gasteiger partial charge in [-0.25, -0.2) is 0 Å². The lowest BCUT2D eigenvalue weighted by Gasteiger charge is -2.15. The van der Waals surface area contributed by atoms with E-state index in [-0.39, 0.29) is 11.9 Å². The molecule has 1 aromatic rings. The molecule has 1 aromatic carbocycles. The molecule has 1 fully saturated rings. The van der Waals surface area contributed by atoms with Gasteiger partial charge < -0.3 is 10.1 Å². The van der Waals surface area contributed by atoms with Crippen LogP contribution in [-0.2, 0) is 16.1 Å². The molecule has 1 aliphatic heterocycles. The second kappa shape index (κ2) is 7.56. The van der Waals surface area contributed by atoms with Crippen LogP contribution in [0.25, 0.3) is 0 Å². The van der Waals surface area contributed by atoms with Crippen molar-refractivity contribution in [3.8, 4) is 0 Å². The van der Waals surface area contributed by atoms with Crippen molar-refractivity contribution in [1.82, 2.24) is 5.32 Å². The highest BCUT2D eigenvalue weighted by atomic mass is 32.2. The van der Waals surface area contributed by atoms with E-state index in [0.717, 1.165) is 11.3 Å².